The van der Waals surface area contributed by atoms with Crippen LogP contribution in [0.2, 0.25) is 0 Å². The SMILES string of the molecule is COCCN1CC[C@@]2(CN(C3CCOC3)C[C@@H]2c2ccccc2)C1=O. The molecule has 3 atom stereocenters. The molecule has 3 aliphatic rings. The first-order valence-electron chi connectivity index (χ1n) is 9.40. The molecule has 1 aromatic carbocycles. The highest BCUT2D eigenvalue weighted by atomic mass is 16.5. The van der Waals surface area contributed by atoms with Crippen LogP contribution < -0.4 is 0 Å². The van der Waals surface area contributed by atoms with Crippen LogP contribution in [-0.4, -0.2) is 74.9 Å². The van der Waals surface area contributed by atoms with Crippen molar-refractivity contribution in [1.82, 2.24) is 9.80 Å². The van der Waals surface area contributed by atoms with Crippen molar-refractivity contribution >= 4 is 5.91 Å². The molecule has 0 N–H and O–H groups in total. The van der Waals surface area contributed by atoms with E-state index in [0.717, 1.165) is 45.7 Å². The second-order valence-electron chi connectivity index (χ2n) is 7.60. The largest absolute Gasteiger partial charge is 0.383 e. The molecule has 0 aliphatic carbocycles. The molecule has 1 aromatic rings. The lowest BCUT2D eigenvalue weighted by molar-refractivity contribution is -0.136. The van der Waals surface area contributed by atoms with Gasteiger partial charge in [0.2, 0.25) is 5.91 Å². The molecule has 3 heterocycles. The first-order valence-corrected chi connectivity index (χ1v) is 9.40. The number of carbonyl (C=O) groups excluding carboxylic acids is 1. The Bertz CT molecular complexity index is 602. The van der Waals surface area contributed by atoms with Gasteiger partial charge >= 0.3 is 0 Å². The van der Waals surface area contributed by atoms with Crippen LogP contribution in [0.15, 0.2) is 30.3 Å². The monoisotopic (exact) mass is 344 g/mol. The molecule has 4 rings (SSSR count). The van der Waals surface area contributed by atoms with E-state index in [4.69, 9.17) is 9.47 Å². The Morgan fingerprint density at radius 2 is 2.16 bits per heavy atom. The molecule has 0 aromatic heterocycles. The fourth-order valence-corrected chi connectivity index (χ4v) is 4.89. The molecule has 0 bridgehead atoms. The minimum Gasteiger partial charge on any atom is -0.383 e. The van der Waals surface area contributed by atoms with E-state index in [1.165, 1.54) is 5.56 Å². The van der Waals surface area contributed by atoms with Crippen LogP contribution in [0.5, 0.6) is 0 Å². The molecule has 3 fully saturated rings. The third-order valence-corrected chi connectivity index (χ3v) is 6.30. The summed E-state index contributed by atoms with van der Waals surface area (Å²) in [6, 6.07) is 11.1. The van der Waals surface area contributed by atoms with Crippen LogP contribution in [0.1, 0.15) is 24.3 Å². The summed E-state index contributed by atoms with van der Waals surface area (Å²) in [5, 5.41) is 0. The van der Waals surface area contributed by atoms with E-state index in [0.29, 0.717) is 25.1 Å². The summed E-state index contributed by atoms with van der Waals surface area (Å²) in [6.45, 7) is 5.63. The summed E-state index contributed by atoms with van der Waals surface area (Å²) in [5.74, 6) is 0.592. The van der Waals surface area contributed by atoms with Crippen LogP contribution in [-0.2, 0) is 14.3 Å². The minimum atomic E-state index is -0.280. The summed E-state index contributed by atoms with van der Waals surface area (Å²) in [7, 11) is 1.69. The molecular weight excluding hydrogens is 316 g/mol. The maximum atomic E-state index is 13.4. The maximum absolute atomic E-state index is 13.4. The van der Waals surface area contributed by atoms with Crippen molar-refractivity contribution in [1.29, 1.82) is 0 Å². The maximum Gasteiger partial charge on any atom is 0.230 e. The van der Waals surface area contributed by atoms with Gasteiger partial charge in [-0.3, -0.25) is 9.69 Å². The molecule has 0 radical (unpaired) electrons. The first kappa shape index (κ1) is 17.0. The second-order valence-corrected chi connectivity index (χ2v) is 7.60. The third-order valence-electron chi connectivity index (χ3n) is 6.30. The molecule has 25 heavy (non-hydrogen) atoms. The van der Waals surface area contributed by atoms with Crippen LogP contribution in [0.3, 0.4) is 0 Å². The summed E-state index contributed by atoms with van der Waals surface area (Å²) >= 11 is 0. The van der Waals surface area contributed by atoms with Gasteiger partial charge in [0, 0.05) is 51.9 Å². The molecule has 5 heteroatoms. The van der Waals surface area contributed by atoms with E-state index in [9.17, 15) is 4.79 Å². The highest BCUT2D eigenvalue weighted by Gasteiger charge is 2.57. The Labute approximate surface area is 149 Å². The molecular formula is C20H28N2O3. The lowest BCUT2D eigenvalue weighted by atomic mass is 9.73. The van der Waals surface area contributed by atoms with Crippen LogP contribution >= 0.6 is 0 Å². The summed E-state index contributed by atoms with van der Waals surface area (Å²) in [6.07, 6.45) is 2.03. The lowest BCUT2D eigenvalue weighted by Gasteiger charge is -2.29. The highest BCUT2D eigenvalue weighted by Crippen LogP contribution is 2.50. The minimum absolute atomic E-state index is 0.273. The smallest absolute Gasteiger partial charge is 0.230 e. The fourth-order valence-electron chi connectivity index (χ4n) is 4.89. The predicted octanol–water partition coefficient (Wildman–Crippen LogP) is 1.74. The van der Waals surface area contributed by atoms with Crippen molar-refractivity contribution < 1.29 is 14.3 Å². The van der Waals surface area contributed by atoms with Crippen molar-refractivity contribution in [2.45, 2.75) is 24.8 Å². The van der Waals surface area contributed by atoms with E-state index >= 15 is 0 Å². The average molecular weight is 344 g/mol. The van der Waals surface area contributed by atoms with Gasteiger partial charge in [-0.1, -0.05) is 30.3 Å². The number of carbonyl (C=O) groups is 1. The number of hydrogen-bond donors (Lipinski definition) is 0. The fraction of sp³-hybridized carbons (Fsp3) is 0.650. The zero-order valence-electron chi connectivity index (χ0n) is 15.0. The predicted molar refractivity (Wildman–Crippen MR) is 95.5 cm³/mol. The number of hydrogen-bond acceptors (Lipinski definition) is 4. The normalized spacial score (nSPS) is 33.0. The van der Waals surface area contributed by atoms with E-state index in [1.807, 2.05) is 4.90 Å². The average Bonchev–Trinajstić information content (AvgIpc) is 3.36. The van der Waals surface area contributed by atoms with Gasteiger partial charge in [0.05, 0.1) is 18.6 Å². The summed E-state index contributed by atoms with van der Waals surface area (Å²) < 4.78 is 10.8. The summed E-state index contributed by atoms with van der Waals surface area (Å²) in [5.41, 5.74) is 1.02. The van der Waals surface area contributed by atoms with Gasteiger partial charge < -0.3 is 14.4 Å². The number of amides is 1. The third kappa shape index (κ3) is 2.98. The quantitative estimate of drug-likeness (QED) is 0.816. The van der Waals surface area contributed by atoms with Crippen LogP contribution in [0.25, 0.3) is 0 Å². The molecule has 3 aliphatic heterocycles. The van der Waals surface area contributed by atoms with E-state index in [2.05, 4.69) is 35.2 Å². The summed E-state index contributed by atoms with van der Waals surface area (Å²) in [4.78, 5) is 17.9. The van der Waals surface area contributed by atoms with Gasteiger partial charge in [-0.2, -0.15) is 0 Å². The number of rotatable bonds is 5. The highest BCUT2D eigenvalue weighted by molar-refractivity contribution is 5.87. The van der Waals surface area contributed by atoms with E-state index < -0.39 is 0 Å². The van der Waals surface area contributed by atoms with Crippen molar-refractivity contribution in [3.63, 3.8) is 0 Å². The van der Waals surface area contributed by atoms with Crippen molar-refractivity contribution in [3.05, 3.63) is 35.9 Å². The zero-order chi connectivity index (χ0) is 17.3. The van der Waals surface area contributed by atoms with Gasteiger partial charge in [0.15, 0.2) is 0 Å². The molecule has 136 valence electrons. The molecule has 3 saturated heterocycles. The number of methoxy groups -OCH3 is 1. The molecule has 5 nitrogen and oxygen atoms in total. The lowest BCUT2D eigenvalue weighted by Crippen LogP contribution is -2.42. The van der Waals surface area contributed by atoms with Crippen molar-refractivity contribution in [2.24, 2.45) is 5.41 Å². The van der Waals surface area contributed by atoms with Gasteiger partial charge in [-0.05, 0) is 18.4 Å². The van der Waals surface area contributed by atoms with Crippen molar-refractivity contribution in [3.8, 4) is 0 Å². The van der Waals surface area contributed by atoms with Crippen LogP contribution in [0.4, 0.5) is 0 Å². The standard InChI is InChI=1S/C20H28N2O3/c1-24-12-10-21-9-8-20(19(21)23)15-22(17-7-11-25-14-17)13-18(20)16-5-3-2-4-6-16/h2-6,17-18H,7-15H2,1H3/t17?,18-,20+/m1/s1. The van der Waals surface area contributed by atoms with Gasteiger partial charge in [-0.15, -0.1) is 0 Å². The molecule has 0 saturated carbocycles. The molecule has 1 amide bonds. The van der Waals surface area contributed by atoms with Crippen molar-refractivity contribution in [2.75, 3.05) is 53.1 Å². The first-order chi connectivity index (χ1) is 12.2. The van der Waals surface area contributed by atoms with Gasteiger partial charge in [0.1, 0.15) is 0 Å². The Morgan fingerprint density at radius 3 is 2.88 bits per heavy atom. The molecule has 1 unspecified atom stereocenters. The Hall–Kier alpha value is -1.43. The Morgan fingerprint density at radius 1 is 1.32 bits per heavy atom. The van der Waals surface area contributed by atoms with E-state index in [-0.39, 0.29) is 11.3 Å². The topological polar surface area (TPSA) is 42.0 Å². The van der Waals surface area contributed by atoms with Crippen LogP contribution in [0, 0.1) is 5.41 Å². The second kappa shape index (κ2) is 7.06. The van der Waals surface area contributed by atoms with Gasteiger partial charge in [-0.25, -0.2) is 0 Å². The number of nitrogens with zero attached hydrogens (tertiary/aromatic N) is 2. The number of likely N-dealkylation sites (tertiary alicyclic amines) is 2. The Balaban J connectivity index is 1.62. The number of ether oxygens (including phenoxy) is 2. The number of benzene rings is 1. The Kier molecular flexibility index (Phi) is 4.80. The van der Waals surface area contributed by atoms with E-state index in [1.54, 1.807) is 7.11 Å². The van der Waals surface area contributed by atoms with Gasteiger partial charge in [0.25, 0.3) is 0 Å². The zero-order valence-corrected chi connectivity index (χ0v) is 15.0. The molecule has 1 spiro atoms.